The molecular weight excluding hydrogens is 254 g/mol. The number of amides is 1. The van der Waals surface area contributed by atoms with Crippen molar-refractivity contribution in [2.45, 2.75) is 19.4 Å². The van der Waals surface area contributed by atoms with Gasteiger partial charge in [0.25, 0.3) is 0 Å². The van der Waals surface area contributed by atoms with Gasteiger partial charge < -0.3 is 4.74 Å². The molecule has 0 atom stereocenters. The van der Waals surface area contributed by atoms with Crippen LogP contribution in [0.15, 0.2) is 48.8 Å². The lowest BCUT2D eigenvalue weighted by Crippen LogP contribution is -2.30. The molecule has 104 valence electrons. The van der Waals surface area contributed by atoms with Gasteiger partial charge in [0.15, 0.2) is 0 Å². The Bertz CT molecular complexity index is 541. The van der Waals surface area contributed by atoms with E-state index in [9.17, 15) is 4.79 Å². The number of hydrogen-bond donors (Lipinski definition) is 2. The van der Waals surface area contributed by atoms with Gasteiger partial charge in [-0.25, -0.2) is 5.84 Å². The van der Waals surface area contributed by atoms with Crippen LogP contribution in [0, 0.1) is 0 Å². The zero-order valence-corrected chi connectivity index (χ0v) is 11.1. The van der Waals surface area contributed by atoms with Gasteiger partial charge in [-0.05, 0) is 30.2 Å². The van der Waals surface area contributed by atoms with Gasteiger partial charge in [-0.15, -0.1) is 0 Å². The number of nitrogens with one attached hydrogen (secondary N) is 1. The highest BCUT2D eigenvalue weighted by molar-refractivity contribution is 5.75. The molecular formula is C15H17N3O2. The van der Waals surface area contributed by atoms with Crippen LogP contribution in [0.5, 0.6) is 5.75 Å². The third-order valence-electron chi connectivity index (χ3n) is 2.85. The van der Waals surface area contributed by atoms with Gasteiger partial charge in [0.2, 0.25) is 5.91 Å². The minimum absolute atomic E-state index is 0.165. The monoisotopic (exact) mass is 271 g/mol. The second kappa shape index (κ2) is 7.25. The maximum Gasteiger partial charge on any atom is 0.234 e. The Labute approximate surface area is 117 Å². The van der Waals surface area contributed by atoms with Crippen LogP contribution < -0.4 is 16.0 Å². The second-order valence-electron chi connectivity index (χ2n) is 4.36. The number of rotatable bonds is 6. The molecule has 1 heterocycles. The Morgan fingerprint density at radius 1 is 1.20 bits per heavy atom. The fraction of sp³-hybridized carbons (Fsp3) is 0.200. The summed E-state index contributed by atoms with van der Waals surface area (Å²) in [6, 6.07) is 11.5. The van der Waals surface area contributed by atoms with Gasteiger partial charge in [-0.2, -0.15) is 0 Å². The first kappa shape index (κ1) is 14.0. The Hall–Kier alpha value is -2.40. The van der Waals surface area contributed by atoms with Crippen LogP contribution in [0.1, 0.15) is 17.5 Å². The second-order valence-corrected chi connectivity index (χ2v) is 4.36. The highest BCUT2D eigenvalue weighted by Crippen LogP contribution is 2.15. The summed E-state index contributed by atoms with van der Waals surface area (Å²) < 4.78 is 5.65. The number of hydrazine groups is 1. The summed E-state index contributed by atoms with van der Waals surface area (Å²) in [6.45, 7) is 0.489. The van der Waals surface area contributed by atoms with E-state index in [-0.39, 0.29) is 5.91 Å². The van der Waals surface area contributed by atoms with Crippen molar-refractivity contribution in [1.82, 2.24) is 10.4 Å². The molecule has 1 aromatic carbocycles. The van der Waals surface area contributed by atoms with Gasteiger partial charge in [0.05, 0.1) is 0 Å². The van der Waals surface area contributed by atoms with Crippen LogP contribution in [0.25, 0.3) is 0 Å². The molecule has 0 unspecified atom stereocenters. The standard InChI is InChI=1S/C15H17N3O2/c16-18-15(19)8-5-12-3-6-14(7-4-12)20-11-13-2-1-9-17-10-13/h1-4,6-7,9-10H,5,8,11,16H2,(H,18,19). The molecule has 1 aromatic heterocycles. The van der Waals surface area contributed by atoms with Crippen molar-refractivity contribution in [2.75, 3.05) is 0 Å². The number of carbonyl (C=O) groups is 1. The van der Waals surface area contributed by atoms with Crippen LogP contribution in [-0.4, -0.2) is 10.9 Å². The van der Waals surface area contributed by atoms with E-state index in [4.69, 9.17) is 10.6 Å². The predicted octanol–water partition coefficient (Wildman–Crippen LogP) is 1.58. The number of hydrogen-bond acceptors (Lipinski definition) is 4. The normalized spacial score (nSPS) is 10.1. The number of benzene rings is 1. The molecule has 0 aliphatic rings. The Morgan fingerprint density at radius 3 is 2.65 bits per heavy atom. The molecule has 0 spiro atoms. The maximum atomic E-state index is 11.0. The summed E-state index contributed by atoms with van der Waals surface area (Å²) in [6.07, 6.45) is 4.55. The summed E-state index contributed by atoms with van der Waals surface area (Å²) in [7, 11) is 0. The molecule has 20 heavy (non-hydrogen) atoms. The molecule has 0 bridgehead atoms. The fourth-order valence-electron chi connectivity index (χ4n) is 1.73. The Kier molecular flexibility index (Phi) is 5.08. The Balaban J connectivity index is 1.84. The van der Waals surface area contributed by atoms with E-state index in [1.54, 1.807) is 12.4 Å². The van der Waals surface area contributed by atoms with Gasteiger partial charge in [-0.3, -0.25) is 15.2 Å². The van der Waals surface area contributed by atoms with Crippen molar-refractivity contribution >= 4 is 5.91 Å². The summed E-state index contributed by atoms with van der Waals surface area (Å²) in [5.41, 5.74) is 4.21. The van der Waals surface area contributed by atoms with Crippen LogP contribution in [0.4, 0.5) is 0 Å². The molecule has 5 nitrogen and oxygen atoms in total. The first-order valence-electron chi connectivity index (χ1n) is 6.38. The molecule has 5 heteroatoms. The number of aryl methyl sites for hydroxylation is 1. The minimum Gasteiger partial charge on any atom is -0.489 e. The largest absolute Gasteiger partial charge is 0.489 e. The lowest BCUT2D eigenvalue weighted by atomic mass is 10.1. The topological polar surface area (TPSA) is 77.2 Å². The number of nitrogens with zero attached hydrogens (tertiary/aromatic N) is 1. The number of carbonyl (C=O) groups excluding carboxylic acids is 1. The van der Waals surface area contributed by atoms with Crippen LogP contribution in [0.2, 0.25) is 0 Å². The summed E-state index contributed by atoms with van der Waals surface area (Å²) >= 11 is 0. The van der Waals surface area contributed by atoms with E-state index >= 15 is 0 Å². The summed E-state index contributed by atoms with van der Waals surface area (Å²) in [4.78, 5) is 15.1. The van der Waals surface area contributed by atoms with E-state index in [2.05, 4.69) is 10.4 Å². The zero-order valence-electron chi connectivity index (χ0n) is 11.1. The van der Waals surface area contributed by atoms with Gasteiger partial charge in [-0.1, -0.05) is 18.2 Å². The molecule has 2 rings (SSSR count). The number of pyridine rings is 1. The van der Waals surface area contributed by atoms with Gasteiger partial charge in [0.1, 0.15) is 12.4 Å². The fourth-order valence-corrected chi connectivity index (χ4v) is 1.73. The van der Waals surface area contributed by atoms with E-state index in [0.29, 0.717) is 19.4 Å². The average Bonchev–Trinajstić information content (AvgIpc) is 2.52. The van der Waals surface area contributed by atoms with Crippen molar-refractivity contribution in [3.05, 3.63) is 59.9 Å². The number of nitrogens with two attached hydrogens (primary N) is 1. The average molecular weight is 271 g/mol. The van der Waals surface area contributed by atoms with E-state index in [0.717, 1.165) is 16.9 Å². The van der Waals surface area contributed by atoms with Crippen LogP contribution in [0.3, 0.4) is 0 Å². The van der Waals surface area contributed by atoms with Crippen LogP contribution >= 0.6 is 0 Å². The molecule has 0 aliphatic carbocycles. The van der Waals surface area contributed by atoms with Crippen molar-refractivity contribution < 1.29 is 9.53 Å². The summed E-state index contributed by atoms with van der Waals surface area (Å²) in [5.74, 6) is 5.66. The molecule has 0 radical (unpaired) electrons. The molecule has 3 N–H and O–H groups in total. The molecule has 1 amide bonds. The quantitative estimate of drug-likeness (QED) is 0.475. The van der Waals surface area contributed by atoms with Crippen molar-refractivity contribution in [1.29, 1.82) is 0 Å². The lowest BCUT2D eigenvalue weighted by Gasteiger charge is -2.07. The predicted molar refractivity (Wildman–Crippen MR) is 75.7 cm³/mol. The smallest absolute Gasteiger partial charge is 0.234 e. The number of aromatic nitrogens is 1. The maximum absolute atomic E-state index is 11.0. The van der Waals surface area contributed by atoms with E-state index < -0.39 is 0 Å². The Morgan fingerprint density at radius 2 is 2.00 bits per heavy atom. The van der Waals surface area contributed by atoms with Gasteiger partial charge >= 0.3 is 0 Å². The van der Waals surface area contributed by atoms with Gasteiger partial charge in [0, 0.05) is 24.4 Å². The van der Waals surface area contributed by atoms with Crippen molar-refractivity contribution in [3.8, 4) is 5.75 Å². The van der Waals surface area contributed by atoms with E-state index in [1.807, 2.05) is 36.4 Å². The number of ether oxygens (including phenoxy) is 1. The first-order chi connectivity index (χ1) is 9.78. The molecule has 2 aromatic rings. The zero-order chi connectivity index (χ0) is 14.2. The third-order valence-corrected chi connectivity index (χ3v) is 2.85. The van der Waals surface area contributed by atoms with Crippen molar-refractivity contribution in [3.63, 3.8) is 0 Å². The highest BCUT2D eigenvalue weighted by Gasteiger charge is 2.01. The highest BCUT2D eigenvalue weighted by atomic mass is 16.5. The SMILES string of the molecule is NNC(=O)CCc1ccc(OCc2cccnc2)cc1. The molecule has 0 fully saturated rings. The third kappa shape index (κ3) is 4.37. The molecule has 0 saturated heterocycles. The van der Waals surface area contributed by atoms with Crippen molar-refractivity contribution in [2.24, 2.45) is 5.84 Å². The molecule has 0 saturated carbocycles. The molecule has 0 aliphatic heterocycles. The lowest BCUT2D eigenvalue weighted by molar-refractivity contribution is -0.121. The van der Waals surface area contributed by atoms with Crippen LogP contribution in [-0.2, 0) is 17.8 Å². The summed E-state index contributed by atoms with van der Waals surface area (Å²) in [5, 5.41) is 0. The van der Waals surface area contributed by atoms with E-state index in [1.165, 1.54) is 0 Å². The minimum atomic E-state index is -0.165. The first-order valence-corrected chi connectivity index (χ1v) is 6.38.